The van der Waals surface area contributed by atoms with Gasteiger partial charge in [0.25, 0.3) is 0 Å². The third kappa shape index (κ3) is 5.39. The van der Waals surface area contributed by atoms with E-state index in [9.17, 15) is 14.0 Å². The maximum absolute atomic E-state index is 13.0. The lowest BCUT2D eigenvalue weighted by Gasteiger charge is -2.18. The highest BCUT2D eigenvalue weighted by molar-refractivity contribution is 5.99. The van der Waals surface area contributed by atoms with Crippen molar-refractivity contribution in [3.05, 3.63) is 29.6 Å². The first-order valence-corrected chi connectivity index (χ1v) is 6.61. The van der Waals surface area contributed by atoms with Gasteiger partial charge >= 0.3 is 12.0 Å². The fourth-order valence-electron chi connectivity index (χ4n) is 1.75. The van der Waals surface area contributed by atoms with Gasteiger partial charge in [0.15, 0.2) is 0 Å². The molecule has 0 saturated carbocycles. The van der Waals surface area contributed by atoms with Crippen molar-refractivity contribution < 1.29 is 24.2 Å². The third-order valence-corrected chi connectivity index (χ3v) is 2.95. The Balaban J connectivity index is 2.64. The summed E-state index contributed by atoms with van der Waals surface area (Å²) in [5.74, 6) is -1.99. The van der Waals surface area contributed by atoms with Crippen LogP contribution >= 0.6 is 0 Å². The van der Waals surface area contributed by atoms with E-state index in [1.807, 2.05) is 0 Å². The van der Waals surface area contributed by atoms with E-state index in [4.69, 9.17) is 10.2 Å². The molecule has 0 bridgehead atoms. The number of carbonyl (C=O) groups is 2. The number of carboxylic acid groups (broad SMARTS) is 1. The van der Waals surface area contributed by atoms with E-state index in [2.05, 4.69) is 5.32 Å². The molecule has 0 aromatic heterocycles. The number of rotatable bonds is 7. The second-order valence-electron chi connectivity index (χ2n) is 4.63. The lowest BCUT2D eigenvalue weighted by Crippen LogP contribution is -2.32. The van der Waals surface area contributed by atoms with Crippen LogP contribution in [0.15, 0.2) is 18.2 Å². The van der Waals surface area contributed by atoms with Gasteiger partial charge in [0.2, 0.25) is 0 Å². The topological polar surface area (TPSA) is 89.9 Å². The van der Waals surface area contributed by atoms with Crippen LogP contribution in [0.1, 0.15) is 29.6 Å². The van der Waals surface area contributed by atoms with E-state index in [-0.39, 0.29) is 17.9 Å². The molecule has 116 valence electrons. The summed E-state index contributed by atoms with van der Waals surface area (Å²) in [4.78, 5) is 24.3. The Morgan fingerprint density at radius 2 is 2.00 bits per heavy atom. The van der Waals surface area contributed by atoms with Gasteiger partial charge in [-0.2, -0.15) is 0 Å². The second kappa shape index (κ2) is 8.21. The van der Waals surface area contributed by atoms with Gasteiger partial charge < -0.3 is 20.4 Å². The predicted molar refractivity (Wildman–Crippen MR) is 75.9 cm³/mol. The van der Waals surface area contributed by atoms with Crippen molar-refractivity contribution in [2.45, 2.75) is 19.3 Å². The molecule has 3 N–H and O–H groups in total. The van der Waals surface area contributed by atoms with Crippen LogP contribution in [0, 0.1) is 5.82 Å². The minimum Gasteiger partial charge on any atom is -0.478 e. The summed E-state index contributed by atoms with van der Waals surface area (Å²) < 4.78 is 13.0. The van der Waals surface area contributed by atoms with Crippen molar-refractivity contribution in [2.75, 3.05) is 25.5 Å². The van der Waals surface area contributed by atoms with Crippen molar-refractivity contribution in [3.63, 3.8) is 0 Å². The Kier molecular flexibility index (Phi) is 6.61. The molecule has 1 rings (SSSR count). The lowest BCUT2D eigenvalue weighted by molar-refractivity contribution is 0.0697. The van der Waals surface area contributed by atoms with E-state index in [1.165, 1.54) is 11.0 Å². The molecule has 0 radical (unpaired) electrons. The molecule has 0 aliphatic heterocycles. The number of aromatic carboxylic acids is 1. The number of halogens is 1. The summed E-state index contributed by atoms with van der Waals surface area (Å²) in [6, 6.07) is 2.70. The number of nitrogens with zero attached hydrogens (tertiary/aromatic N) is 1. The van der Waals surface area contributed by atoms with E-state index in [1.54, 1.807) is 7.05 Å². The van der Waals surface area contributed by atoms with Gasteiger partial charge in [0, 0.05) is 20.2 Å². The summed E-state index contributed by atoms with van der Waals surface area (Å²) in [5, 5.41) is 20.1. The molecule has 0 atom stereocenters. The van der Waals surface area contributed by atoms with Crippen LogP contribution in [-0.2, 0) is 0 Å². The summed E-state index contributed by atoms with van der Waals surface area (Å²) >= 11 is 0. The normalized spacial score (nSPS) is 10.2. The quantitative estimate of drug-likeness (QED) is 0.673. The Bertz CT molecular complexity index is 508. The van der Waals surface area contributed by atoms with Gasteiger partial charge in [-0.05, 0) is 37.5 Å². The molecule has 0 saturated heterocycles. The van der Waals surface area contributed by atoms with Crippen LogP contribution in [-0.4, -0.2) is 47.3 Å². The summed E-state index contributed by atoms with van der Waals surface area (Å²) in [6.07, 6.45) is 2.21. The monoisotopic (exact) mass is 298 g/mol. The predicted octanol–water partition coefficient (Wildman–Crippen LogP) is 2.15. The molecule has 0 aliphatic carbocycles. The van der Waals surface area contributed by atoms with Crippen molar-refractivity contribution >= 4 is 17.7 Å². The Morgan fingerprint density at radius 1 is 1.29 bits per heavy atom. The van der Waals surface area contributed by atoms with Crippen LogP contribution in [0.5, 0.6) is 0 Å². The smallest absolute Gasteiger partial charge is 0.337 e. The number of benzene rings is 1. The number of urea groups is 1. The Morgan fingerprint density at radius 3 is 2.62 bits per heavy atom. The molecule has 0 fully saturated rings. The van der Waals surface area contributed by atoms with Crippen LogP contribution in [0.2, 0.25) is 0 Å². The maximum atomic E-state index is 13.0. The number of aliphatic hydroxyl groups is 1. The van der Waals surface area contributed by atoms with Crippen LogP contribution < -0.4 is 5.32 Å². The van der Waals surface area contributed by atoms with Crippen LogP contribution in [0.3, 0.4) is 0 Å². The van der Waals surface area contributed by atoms with Gasteiger partial charge in [-0.3, -0.25) is 0 Å². The molecule has 0 aliphatic rings. The summed E-state index contributed by atoms with van der Waals surface area (Å²) in [6.45, 7) is 0.600. The number of hydrogen-bond acceptors (Lipinski definition) is 3. The van der Waals surface area contributed by atoms with Crippen molar-refractivity contribution in [3.8, 4) is 0 Å². The average molecular weight is 298 g/mol. The molecular weight excluding hydrogens is 279 g/mol. The van der Waals surface area contributed by atoms with Gasteiger partial charge in [-0.25, -0.2) is 14.0 Å². The molecule has 21 heavy (non-hydrogen) atoms. The lowest BCUT2D eigenvalue weighted by atomic mass is 10.1. The minimum atomic E-state index is -1.31. The van der Waals surface area contributed by atoms with Gasteiger partial charge in [-0.1, -0.05) is 0 Å². The zero-order valence-electron chi connectivity index (χ0n) is 11.8. The van der Waals surface area contributed by atoms with Gasteiger partial charge in [-0.15, -0.1) is 0 Å². The molecule has 2 amide bonds. The minimum absolute atomic E-state index is 0.0520. The number of amides is 2. The zero-order valence-corrected chi connectivity index (χ0v) is 11.8. The Labute approximate surface area is 122 Å². The fraction of sp³-hybridized carbons (Fsp3) is 0.429. The van der Waals surface area contributed by atoms with E-state index < -0.39 is 17.8 Å². The van der Waals surface area contributed by atoms with Crippen molar-refractivity contribution in [2.24, 2.45) is 0 Å². The SMILES string of the molecule is CN(CCCCCO)C(=O)Nc1ccc(F)cc1C(=O)O. The van der Waals surface area contributed by atoms with E-state index in [0.717, 1.165) is 25.0 Å². The first-order chi connectivity index (χ1) is 9.95. The first-order valence-electron chi connectivity index (χ1n) is 6.61. The molecule has 0 spiro atoms. The molecule has 1 aromatic rings. The number of aliphatic hydroxyl groups excluding tert-OH is 1. The maximum Gasteiger partial charge on any atom is 0.337 e. The van der Waals surface area contributed by atoms with E-state index >= 15 is 0 Å². The molecule has 6 nitrogen and oxygen atoms in total. The zero-order chi connectivity index (χ0) is 15.8. The summed E-state index contributed by atoms with van der Waals surface area (Å²) in [5.41, 5.74) is -0.242. The molecule has 0 heterocycles. The molecule has 1 aromatic carbocycles. The highest BCUT2D eigenvalue weighted by Gasteiger charge is 2.15. The summed E-state index contributed by atoms with van der Waals surface area (Å²) in [7, 11) is 1.58. The van der Waals surface area contributed by atoms with Gasteiger partial charge in [0.1, 0.15) is 5.82 Å². The molecule has 7 heteroatoms. The number of hydrogen-bond donors (Lipinski definition) is 3. The highest BCUT2D eigenvalue weighted by Crippen LogP contribution is 2.17. The Hall–Kier alpha value is -2.15. The second-order valence-corrected chi connectivity index (χ2v) is 4.63. The van der Waals surface area contributed by atoms with E-state index in [0.29, 0.717) is 13.0 Å². The van der Waals surface area contributed by atoms with Gasteiger partial charge in [0.05, 0.1) is 11.3 Å². The largest absolute Gasteiger partial charge is 0.478 e. The van der Waals surface area contributed by atoms with Crippen LogP contribution in [0.25, 0.3) is 0 Å². The van der Waals surface area contributed by atoms with Crippen molar-refractivity contribution in [1.29, 1.82) is 0 Å². The number of anilines is 1. The van der Waals surface area contributed by atoms with Crippen molar-refractivity contribution in [1.82, 2.24) is 4.90 Å². The molecule has 0 unspecified atom stereocenters. The molecular formula is C14H19FN2O4. The standard InChI is InChI=1S/C14H19FN2O4/c1-17(7-3-2-4-8-18)14(21)16-12-6-5-10(15)9-11(12)13(19)20/h5-6,9,18H,2-4,7-8H2,1H3,(H,16,21)(H,19,20). The fourth-order valence-corrected chi connectivity index (χ4v) is 1.75. The van der Waals surface area contributed by atoms with Crippen LogP contribution in [0.4, 0.5) is 14.9 Å². The number of nitrogens with one attached hydrogen (secondary N) is 1. The number of carboxylic acids is 1. The number of unbranched alkanes of at least 4 members (excludes halogenated alkanes) is 2. The highest BCUT2D eigenvalue weighted by atomic mass is 19.1. The average Bonchev–Trinajstić information content (AvgIpc) is 2.44. The first kappa shape index (κ1) is 16.9. The third-order valence-electron chi connectivity index (χ3n) is 2.95. The number of carbonyl (C=O) groups excluding carboxylic acids is 1.